The topological polar surface area (TPSA) is 101 Å². The SMILES string of the molecule is CCc1c(F)nn2c(NCc3ccc[n+](O)c3)cc(N[C@H]3CCCC[C@H]3C[O-])nc12. The van der Waals surface area contributed by atoms with E-state index in [1.54, 1.807) is 18.3 Å². The second-order valence-electron chi connectivity index (χ2n) is 7.79. The van der Waals surface area contributed by atoms with Gasteiger partial charge in [0.25, 0.3) is 0 Å². The van der Waals surface area contributed by atoms with Crippen molar-refractivity contribution in [1.29, 1.82) is 0 Å². The zero-order chi connectivity index (χ0) is 21.1. The highest BCUT2D eigenvalue weighted by Crippen LogP contribution is 2.28. The molecular formula is C21H27FN6O2. The summed E-state index contributed by atoms with van der Waals surface area (Å²) in [5.41, 5.74) is 1.77. The Morgan fingerprint density at radius 1 is 1.37 bits per heavy atom. The van der Waals surface area contributed by atoms with E-state index in [4.69, 9.17) is 0 Å². The van der Waals surface area contributed by atoms with Crippen LogP contribution in [0.25, 0.3) is 5.65 Å². The first kappa shape index (κ1) is 20.3. The van der Waals surface area contributed by atoms with Crippen LogP contribution >= 0.6 is 0 Å². The molecule has 8 nitrogen and oxygen atoms in total. The lowest BCUT2D eigenvalue weighted by Gasteiger charge is -2.34. The predicted octanol–water partition coefficient (Wildman–Crippen LogP) is 1.90. The minimum Gasteiger partial charge on any atom is -0.854 e. The van der Waals surface area contributed by atoms with Crippen LogP contribution in [0.5, 0.6) is 0 Å². The molecule has 0 amide bonds. The fraction of sp³-hybridized carbons (Fsp3) is 0.476. The maximum atomic E-state index is 14.4. The highest BCUT2D eigenvalue weighted by atomic mass is 19.1. The molecular weight excluding hydrogens is 387 g/mol. The number of pyridine rings is 1. The molecule has 3 heterocycles. The molecule has 0 saturated heterocycles. The first-order valence-electron chi connectivity index (χ1n) is 10.4. The second kappa shape index (κ2) is 8.83. The largest absolute Gasteiger partial charge is 0.854 e. The van der Waals surface area contributed by atoms with Gasteiger partial charge < -0.3 is 15.7 Å². The van der Waals surface area contributed by atoms with Crippen LogP contribution in [-0.2, 0) is 13.0 Å². The molecule has 3 aromatic rings. The summed E-state index contributed by atoms with van der Waals surface area (Å²) in [5, 5.41) is 31.9. The van der Waals surface area contributed by atoms with Crippen molar-refractivity contribution in [2.24, 2.45) is 5.92 Å². The van der Waals surface area contributed by atoms with Crippen LogP contribution < -0.4 is 20.5 Å². The summed E-state index contributed by atoms with van der Waals surface area (Å²) in [6.07, 6.45) is 7.61. The van der Waals surface area contributed by atoms with E-state index in [0.717, 1.165) is 36.0 Å². The van der Waals surface area contributed by atoms with E-state index in [1.807, 2.05) is 13.0 Å². The third-order valence-electron chi connectivity index (χ3n) is 5.77. The quantitative estimate of drug-likeness (QED) is 0.403. The van der Waals surface area contributed by atoms with Gasteiger partial charge in [-0.2, -0.15) is 8.91 Å². The van der Waals surface area contributed by atoms with Crippen molar-refractivity contribution < 1.29 is 19.4 Å². The summed E-state index contributed by atoms with van der Waals surface area (Å²) < 4.78 is 16.9. The number of aromatic nitrogens is 4. The van der Waals surface area contributed by atoms with Crippen LogP contribution in [0.15, 0.2) is 30.6 Å². The number of aryl methyl sites for hydroxylation is 1. The predicted molar refractivity (Wildman–Crippen MR) is 108 cm³/mol. The molecule has 2 atom stereocenters. The Hall–Kier alpha value is -2.94. The third-order valence-corrected chi connectivity index (χ3v) is 5.77. The van der Waals surface area contributed by atoms with Crippen molar-refractivity contribution in [2.75, 3.05) is 17.2 Å². The summed E-state index contributed by atoms with van der Waals surface area (Å²) in [6, 6.07) is 5.48. The van der Waals surface area contributed by atoms with Crippen LogP contribution in [0.4, 0.5) is 16.0 Å². The second-order valence-corrected chi connectivity index (χ2v) is 7.79. The zero-order valence-electron chi connectivity index (χ0n) is 17.0. The van der Waals surface area contributed by atoms with Gasteiger partial charge in [0, 0.05) is 35.0 Å². The van der Waals surface area contributed by atoms with Crippen molar-refractivity contribution in [2.45, 2.75) is 51.6 Å². The molecule has 3 aromatic heterocycles. The van der Waals surface area contributed by atoms with Gasteiger partial charge in [0.2, 0.25) is 18.3 Å². The number of hydrogen-bond donors (Lipinski definition) is 3. The van der Waals surface area contributed by atoms with E-state index in [-0.39, 0.29) is 18.6 Å². The van der Waals surface area contributed by atoms with Gasteiger partial charge in [0.15, 0.2) is 5.65 Å². The van der Waals surface area contributed by atoms with E-state index in [0.29, 0.717) is 35.8 Å². The Labute approximate surface area is 174 Å². The number of rotatable bonds is 7. The number of hydrogen-bond acceptors (Lipinski definition) is 6. The summed E-state index contributed by atoms with van der Waals surface area (Å²) in [5.74, 6) is 0.733. The van der Waals surface area contributed by atoms with Gasteiger partial charge in [-0.1, -0.05) is 19.8 Å². The molecule has 1 aliphatic carbocycles. The molecule has 0 unspecified atom stereocenters. The molecule has 4 rings (SSSR count). The molecule has 0 spiro atoms. The monoisotopic (exact) mass is 414 g/mol. The first-order chi connectivity index (χ1) is 14.6. The zero-order valence-corrected chi connectivity index (χ0v) is 17.0. The smallest absolute Gasteiger partial charge is 0.238 e. The van der Waals surface area contributed by atoms with Crippen molar-refractivity contribution in [3.05, 3.63) is 47.7 Å². The summed E-state index contributed by atoms with van der Waals surface area (Å²) >= 11 is 0. The van der Waals surface area contributed by atoms with Crippen LogP contribution in [-0.4, -0.2) is 32.5 Å². The van der Waals surface area contributed by atoms with Gasteiger partial charge in [-0.25, -0.2) is 4.98 Å². The number of nitrogens with zero attached hydrogens (tertiary/aromatic N) is 4. The average Bonchev–Trinajstić information content (AvgIpc) is 3.07. The van der Waals surface area contributed by atoms with Gasteiger partial charge in [-0.3, -0.25) is 5.21 Å². The number of anilines is 2. The average molecular weight is 414 g/mol. The number of fused-ring (bicyclic) bond motifs is 1. The van der Waals surface area contributed by atoms with Gasteiger partial charge in [0.05, 0.1) is 5.56 Å². The molecule has 1 fully saturated rings. The van der Waals surface area contributed by atoms with Crippen molar-refractivity contribution in [3.63, 3.8) is 0 Å². The van der Waals surface area contributed by atoms with Crippen molar-refractivity contribution in [3.8, 4) is 0 Å². The van der Waals surface area contributed by atoms with E-state index in [1.165, 1.54) is 10.7 Å². The molecule has 1 saturated carbocycles. The highest BCUT2D eigenvalue weighted by Gasteiger charge is 2.23. The van der Waals surface area contributed by atoms with Crippen LogP contribution in [0.1, 0.15) is 43.7 Å². The fourth-order valence-electron chi connectivity index (χ4n) is 4.13. The molecule has 30 heavy (non-hydrogen) atoms. The molecule has 0 radical (unpaired) electrons. The summed E-state index contributed by atoms with van der Waals surface area (Å²) in [4.78, 5) is 4.62. The molecule has 160 valence electrons. The Morgan fingerprint density at radius 2 is 2.20 bits per heavy atom. The van der Waals surface area contributed by atoms with Crippen LogP contribution in [0.3, 0.4) is 0 Å². The maximum absolute atomic E-state index is 14.4. The van der Waals surface area contributed by atoms with Gasteiger partial charge in [-0.05, 0) is 31.2 Å². The number of halogens is 1. The normalized spacial score (nSPS) is 19.2. The van der Waals surface area contributed by atoms with Crippen molar-refractivity contribution in [1.82, 2.24) is 14.6 Å². The van der Waals surface area contributed by atoms with Crippen LogP contribution in [0, 0.1) is 11.9 Å². The Bertz CT molecular complexity index is 1020. The Morgan fingerprint density at radius 3 is 2.97 bits per heavy atom. The lowest BCUT2D eigenvalue weighted by molar-refractivity contribution is -0.905. The van der Waals surface area contributed by atoms with E-state index >= 15 is 0 Å². The molecule has 9 heteroatoms. The van der Waals surface area contributed by atoms with Crippen LogP contribution in [0.2, 0.25) is 0 Å². The van der Waals surface area contributed by atoms with E-state index in [9.17, 15) is 14.7 Å². The van der Waals surface area contributed by atoms with Gasteiger partial charge in [-0.15, -0.1) is 11.7 Å². The lowest BCUT2D eigenvalue weighted by atomic mass is 9.85. The maximum Gasteiger partial charge on any atom is 0.238 e. The highest BCUT2D eigenvalue weighted by molar-refractivity contribution is 5.60. The standard InChI is InChI=1S/C21H27FN6O2/c1-2-16-20(22)26-28-19(23-11-14-6-5-9-27(30)12-14)10-18(25-21(16)28)24-17-8-4-3-7-15(17)13-29/h5-6,9-10,12,15,17,23,30H,2-4,7-8,11,13H2,1H3,(H,24,25)/t15-,17-/m0/s1. The van der Waals surface area contributed by atoms with Crippen molar-refractivity contribution >= 4 is 17.3 Å². The van der Waals surface area contributed by atoms with Gasteiger partial charge in [0.1, 0.15) is 11.6 Å². The lowest BCUT2D eigenvalue weighted by Crippen LogP contribution is -2.38. The molecule has 0 bridgehead atoms. The summed E-state index contributed by atoms with van der Waals surface area (Å²) in [6.45, 7) is 2.17. The van der Waals surface area contributed by atoms with E-state index < -0.39 is 5.95 Å². The van der Waals surface area contributed by atoms with Gasteiger partial charge >= 0.3 is 0 Å². The van der Waals surface area contributed by atoms with E-state index in [2.05, 4.69) is 20.7 Å². The third kappa shape index (κ3) is 4.16. The minimum atomic E-state index is -0.534. The number of nitrogens with one attached hydrogen (secondary N) is 2. The molecule has 0 aromatic carbocycles. The molecule has 3 N–H and O–H groups in total. The first-order valence-corrected chi connectivity index (χ1v) is 10.4. The molecule has 1 aliphatic rings. The minimum absolute atomic E-state index is 0.0689. The Kier molecular flexibility index (Phi) is 5.98. The Balaban J connectivity index is 1.66. The molecule has 0 aliphatic heterocycles. The fourth-order valence-corrected chi connectivity index (χ4v) is 4.13. The summed E-state index contributed by atoms with van der Waals surface area (Å²) in [7, 11) is 0.